The predicted octanol–water partition coefficient (Wildman–Crippen LogP) is 6.11. The van der Waals surface area contributed by atoms with Gasteiger partial charge in [0, 0.05) is 98.0 Å². The maximum atomic E-state index is 16.0. The lowest BCUT2D eigenvalue weighted by Crippen LogP contribution is -2.36. The summed E-state index contributed by atoms with van der Waals surface area (Å²) in [5.74, 6) is -13.0. The monoisotopic (exact) mass is 1130 g/mol. The molecule has 0 bridgehead atoms. The molecule has 0 N–H and O–H groups in total. The number of ether oxygens (including phenoxy) is 10. The number of aromatic nitrogens is 1. The largest absolute Gasteiger partial charge is 0.423 e. The van der Waals surface area contributed by atoms with E-state index in [-0.39, 0.29) is 137 Å². The van der Waals surface area contributed by atoms with Gasteiger partial charge in [-0.25, -0.2) is 0 Å². The molecule has 6 aromatic rings. The van der Waals surface area contributed by atoms with Gasteiger partial charge in [-0.05, 0) is 94.9 Å². The Bertz CT molecular complexity index is 3850. The predicted molar refractivity (Wildman–Crippen MR) is 284 cm³/mol. The highest BCUT2D eigenvalue weighted by molar-refractivity contribution is 6.36. The van der Waals surface area contributed by atoms with Crippen LogP contribution in [0.1, 0.15) is 107 Å². The molecule has 0 saturated carbocycles. The number of hydrogen-bond donors (Lipinski definition) is 0. The molecule has 8 rings (SSSR count). The average molecular weight is 1130 g/mol. The van der Waals surface area contributed by atoms with Crippen molar-refractivity contribution in [1.29, 1.82) is 0 Å². The molecule has 5 aromatic carbocycles. The van der Waals surface area contributed by atoms with Crippen LogP contribution in [0.25, 0.3) is 33.4 Å². The fourth-order valence-electron chi connectivity index (χ4n) is 9.45. The molecule has 23 nitrogen and oxygen atoms in total. The number of nitrogens with zero attached hydrogens (tertiary/aromatic N) is 1. The van der Waals surface area contributed by atoms with Crippen molar-refractivity contribution in [3.8, 4) is 79.7 Å². The zero-order chi connectivity index (χ0) is 60.5. The van der Waals surface area contributed by atoms with E-state index in [0.29, 0.717) is 5.56 Å². The van der Waals surface area contributed by atoms with Gasteiger partial charge in [-0.1, -0.05) is 18.2 Å². The zero-order valence-electron chi connectivity index (χ0n) is 45.8. The highest BCUT2D eigenvalue weighted by atomic mass is 16.6. The Morgan fingerprint density at radius 2 is 0.566 bits per heavy atom. The number of esters is 10. The van der Waals surface area contributed by atoms with Gasteiger partial charge in [-0.2, -0.15) is 0 Å². The minimum absolute atomic E-state index is 0.0205. The number of Topliss-reactive ketones (excluding diaryl/α,β-unsaturated/α-hetero) is 2. The van der Waals surface area contributed by atoms with Crippen molar-refractivity contribution < 1.29 is 105 Å². The molecule has 2 aliphatic rings. The maximum Gasteiger partial charge on any atom is 0.308 e. The zero-order valence-corrected chi connectivity index (χ0v) is 45.8. The van der Waals surface area contributed by atoms with Crippen molar-refractivity contribution in [2.45, 2.75) is 82.2 Å². The van der Waals surface area contributed by atoms with Gasteiger partial charge in [0.05, 0.1) is 21.8 Å². The molecule has 0 unspecified atom stereocenters. The van der Waals surface area contributed by atoms with Crippen molar-refractivity contribution in [2.24, 2.45) is 0 Å². The van der Waals surface area contributed by atoms with Crippen LogP contribution in [0.3, 0.4) is 0 Å². The van der Waals surface area contributed by atoms with E-state index in [9.17, 15) is 47.9 Å². The lowest BCUT2D eigenvalue weighted by Gasteiger charge is -2.23. The summed E-state index contributed by atoms with van der Waals surface area (Å²) in [6.45, 7) is 10.6. The molecule has 1 aromatic heterocycles. The third kappa shape index (κ3) is 12.5. The minimum atomic E-state index is -0.888. The molecule has 0 atom stereocenters. The lowest BCUT2D eigenvalue weighted by atomic mass is 9.79. The van der Waals surface area contributed by atoms with E-state index in [2.05, 4.69) is 0 Å². The normalized spacial score (nSPS) is 11.8. The fraction of sp³-hybridized carbons (Fsp3) is 0.200. The molecule has 424 valence electrons. The Morgan fingerprint density at radius 3 is 0.867 bits per heavy atom. The summed E-state index contributed by atoms with van der Waals surface area (Å²) in [6, 6.07) is 16.9. The summed E-state index contributed by atoms with van der Waals surface area (Å²) >= 11 is 0. The summed E-state index contributed by atoms with van der Waals surface area (Å²) in [4.78, 5) is 158. The van der Waals surface area contributed by atoms with Gasteiger partial charge in [0.15, 0.2) is 69.1 Å². The molecular weight excluding hydrogens is 1090 g/mol. The van der Waals surface area contributed by atoms with E-state index in [0.717, 1.165) is 81.4 Å². The second-order valence-corrected chi connectivity index (χ2v) is 18.5. The van der Waals surface area contributed by atoms with Gasteiger partial charge in [-0.3, -0.25) is 57.5 Å². The maximum absolute atomic E-state index is 16.0. The molecule has 0 aliphatic heterocycles. The Balaban J connectivity index is 1.67. The molecule has 0 saturated heterocycles. The second-order valence-electron chi connectivity index (χ2n) is 18.5. The Kier molecular flexibility index (Phi) is 16.5. The van der Waals surface area contributed by atoms with Crippen LogP contribution in [-0.2, 0) is 60.9 Å². The van der Waals surface area contributed by atoms with E-state index in [1.807, 2.05) is 0 Å². The smallest absolute Gasteiger partial charge is 0.308 e. The quantitative estimate of drug-likeness (QED) is 0.0827. The van der Waals surface area contributed by atoms with Crippen molar-refractivity contribution in [3.05, 3.63) is 117 Å². The van der Waals surface area contributed by atoms with Gasteiger partial charge in [0.1, 0.15) is 0 Å². The van der Waals surface area contributed by atoms with Gasteiger partial charge < -0.3 is 51.9 Å². The Morgan fingerprint density at radius 1 is 0.313 bits per heavy atom. The van der Waals surface area contributed by atoms with E-state index < -0.39 is 71.3 Å². The highest BCUT2D eigenvalue weighted by Gasteiger charge is 2.40. The van der Waals surface area contributed by atoms with Crippen LogP contribution in [0.4, 0.5) is 0 Å². The molecule has 2 aliphatic carbocycles. The Hall–Kier alpha value is -10.8. The number of fused-ring (bicyclic) bond motifs is 7. The van der Waals surface area contributed by atoms with Crippen molar-refractivity contribution in [1.82, 2.24) is 4.57 Å². The van der Waals surface area contributed by atoms with Gasteiger partial charge in [-0.15, -0.1) is 0 Å². The van der Waals surface area contributed by atoms with Crippen LogP contribution in [-0.4, -0.2) is 75.8 Å². The first-order valence-corrected chi connectivity index (χ1v) is 24.9. The highest BCUT2D eigenvalue weighted by Crippen LogP contribution is 2.48. The average Bonchev–Trinajstić information content (AvgIpc) is 1.63. The summed E-state index contributed by atoms with van der Waals surface area (Å²) < 4.78 is 56.6. The second kappa shape index (κ2) is 23.5. The van der Waals surface area contributed by atoms with E-state index in [1.165, 1.54) is 60.7 Å². The number of ketones is 2. The molecule has 0 fully saturated rings. The minimum Gasteiger partial charge on any atom is -0.423 e. The number of aryl methyl sites for hydroxylation is 1. The van der Waals surface area contributed by atoms with Crippen molar-refractivity contribution in [2.75, 3.05) is 0 Å². The van der Waals surface area contributed by atoms with Crippen LogP contribution in [0.5, 0.6) is 57.5 Å². The SMILES string of the molecule is CC(=O)Oc1ccc(CCn2c3c(c4c2=C(c2ccc(OC(C)=O)c(OC(C)=O)c2)C(=O)c2cc(OC(C)=O)c(OC(C)=O)cc2-4)-c2cc(OC(C)=O)c(OC(C)=O)cc2C(=O)C=3c2ccc(OC(C)=O)c(OC(C)=O)c2)cc1OC(C)=O. The summed E-state index contributed by atoms with van der Waals surface area (Å²) in [5.41, 5.74) is -0.450. The van der Waals surface area contributed by atoms with Crippen LogP contribution < -0.4 is 58.1 Å². The molecule has 0 radical (unpaired) electrons. The lowest BCUT2D eigenvalue weighted by molar-refractivity contribution is -0.134. The number of rotatable bonds is 15. The Labute approximate surface area is 469 Å². The van der Waals surface area contributed by atoms with Crippen LogP contribution in [0, 0.1) is 0 Å². The molecular formula is C60H47NO22. The molecule has 0 amide bonds. The number of hydrogen-bond acceptors (Lipinski definition) is 22. The fourth-order valence-corrected chi connectivity index (χ4v) is 9.45. The van der Waals surface area contributed by atoms with E-state index >= 15 is 9.59 Å². The third-order valence-electron chi connectivity index (χ3n) is 12.0. The van der Waals surface area contributed by atoms with E-state index in [4.69, 9.17) is 47.4 Å². The van der Waals surface area contributed by atoms with E-state index in [1.54, 1.807) is 10.6 Å². The van der Waals surface area contributed by atoms with Gasteiger partial charge in [0.2, 0.25) is 0 Å². The first-order chi connectivity index (χ1) is 39.2. The molecule has 1 heterocycles. The number of benzene rings is 5. The van der Waals surface area contributed by atoms with Gasteiger partial charge >= 0.3 is 59.7 Å². The van der Waals surface area contributed by atoms with Crippen molar-refractivity contribution >= 4 is 82.4 Å². The first kappa shape index (κ1) is 58.3. The third-order valence-corrected chi connectivity index (χ3v) is 12.0. The van der Waals surface area contributed by atoms with Gasteiger partial charge in [0.25, 0.3) is 0 Å². The van der Waals surface area contributed by atoms with Crippen molar-refractivity contribution in [3.63, 3.8) is 0 Å². The number of carbonyl (C=O) groups is 12. The summed E-state index contributed by atoms with van der Waals surface area (Å²) in [7, 11) is 0. The summed E-state index contributed by atoms with van der Waals surface area (Å²) in [6.07, 6.45) is -0.0901. The van der Waals surface area contributed by atoms with Crippen LogP contribution in [0.15, 0.2) is 78.9 Å². The number of carbonyl (C=O) groups excluding carboxylic acids is 12. The molecule has 83 heavy (non-hydrogen) atoms. The topological polar surface area (TPSA) is 302 Å². The summed E-state index contributed by atoms with van der Waals surface area (Å²) in [5, 5.41) is -0.0551. The standard InChI is InChI=1S/C60H47NO22/c1-26(62)74-43-14-11-36(19-46(43)77-29(4)65)17-18-61-57-53(37-12-15-44(75-27(2)63)47(20-37)78-30(5)66)59(72)41-24-51(82-34(9)70)49(80-32(7)68)22-39(41)55(57)56-40-23-50(81-33(8)69)52(83-35(10)71)25-42(40)60(73)54(58(56)61)38-13-16-45(76-28(3)64)48(21-38)79-31(6)67/h11-16,19-25H,17-18H2,1-10H3. The van der Waals surface area contributed by atoms with Crippen LogP contribution in [0.2, 0.25) is 0 Å². The first-order valence-electron chi connectivity index (χ1n) is 24.9. The van der Waals surface area contributed by atoms with Crippen LogP contribution >= 0.6 is 0 Å². The molecule has 0 spiro atoms. The molecule has 23 heteroatoms.